The fourth-order valence-electron chi connectivity index (χ4n) is 1.28. The van der Waals surface area contributed by atoms with Crippen LogP contribution < -0.4 is 0 Å². The van der Waals surface area contributed by atoms with Gasteiger partial charge in [-0.2, -0.15) is 13.2 Å². The van der Waals surface area contributed by atoms with Crippen LogP contribution in [0.5, 0.6) is 0 Å². The average Bonchev–Trinajstić information content (AvgIpc) is 2.25. The number of hydrogen-bond donors (Lipinski definition) is 0. The summed E-state index contributed by atoms with van der Waals surface area (Å²) < 4.78 is 45.4. The molecule has 0 aliphatic rings. The SMILES string of the molecule is CCCC(C)OC(=O)CCC(=O)OC(C)C(F)(F)F. The molecule has 112 valence electrons. The maximum atomic E-state index is 12.1. The van der Waals surface area contributed by atoms with E-state index < -0.39 is 30.6 Å². The monoisotopic (exact) mass is 284 g/mol. The van der Waals surface area contributed by atoms with E-state index in [1.54, 1.807) is 6.92 Å². The molecule has 0 heterocycles. The van der Waals surface area contributed by atoms with Gasteiger partial charge in [0.1, 0.15) is 0 Å². The summed E-state index contributed by atoms with van der Waals surface area (Å²) in [5.74, 6) is -1.68. The van der Waals surface area contributed by atoms with E-state index in [2.05, 4.69) is 4.74 Å². The quantitative estimate of drug-likeness (QED) is 0.674. The van der Waals surface area contributed by atoms with Crippen molar-refractivity contribution < 1.29 is 32.2 Å². The summed E-state index contributed by atoms with van der Waals surface area (Å²) in [4.78, 5) is 22.3. The van der Waals surface area contributed by atoms with Gasteiger partial charge in [0.15, 0.2) is 6.10 Å². The van der Waals surface area contributed by atoms with Crippen molar-refractivity contribution in [1.82, 2.24) is 0 Å². The van der Waals surface area contributed by atoms with Crippen LogP contribution in [0.4, 0.5) is 13.2 Å². The molecule has 7 heteroatoms. The zero-order valence-electron chi connectivity index (χ0n) is 11.3. The van der Waals surface area contributed by atoms with Gasteiger partial charge < -0.3 is 9.47 Å². The van der Waals surface area contributed by atoms with E-state index in [9.17, 15) is 22.8 Å². The van der Waals surface area contributed by atoms with Crippen molar-refractivity contribution in [2.45, 2.75) is 64.8 Å². The molecule has 0 radical (unpaired) electrons. The summed E-state index contributed by atoms with van der Waals surface area (Å²) in [5.41, 5.74) is 0. The normalized spacial score (nSPS) is 14.6. The lowest BCUT2D eigenvalue weighted by Crippen LogP contribution is -2.31. The van der Waals surface area contributed by atoms with Crippen LogP contribution in [0.3, 0.4) is 0 Å². The smallest absolute Gasteiger partial charge is 0.425 e. The van der Waals surface area contributed by atoms with Gasteiger partial charge in [0.05, 0.1) is 18.9 Å². The number of carbonyl (C=O) groups excluding carboxylic acids is 2. The highest BCUT2D eigenvalue weighted by Crippen LogP contribution is 2.22. The topological polar surface area (TPSA) is 52.6 Å². The number of esters is 2. The summed E-state index contributed by atoms with van der Waals surface area (Å²) in [6.07, 6.45) is -6.18. The van der Waals surface area contributed by atoms with Gasteiger partial charge in [-0.3, -0.25) is 9.59 Å². The molecule has 0 bridgehead atoms. The Kier molecular flexibility index (Phi) is 7.48. The van der Waals surface area contributed by atoms with Crippen molar-refractivity contribution in [2.75, 3.05) is 0 Å². The maximum Gasteiger partial charge on any atom is 0.425 e. The fourth-order valence-corrected chi connectivity index (χ4v) is 1.28. The summed E-state index contributed by atoms with van der Waals surface area (Å²) >= 11 is 0. The number of rotatable bonds is 7. The summed E-state index contributed by atoms with van der Waals surface area (Å²) in [6, 6.07) is 0. The van der Waals surface area contributed by atoms with Crippen LogP contribution in [-0.2, 0) is 19.1 Å². The minimum absolute atomic E-state index is 0.261. The number of alkyl halides is 3. The fraction of sp³-hybridized carbons (Fsp3) is 0.833. The first-order chi connectivity index (χ1) is 8.66. The van der Waals surface area contributed by atoms with Crippen molar-refractivity contribution >= 4 is 11.9 Å². The van der Waals surface area contributed by atoms with Crippen LogP contribution in [0.15, 0.2) is 0 Å². The molecule has 0 aromatic rings. The van der Waals surface area contributed by atoms with Gasteiger partial charge >= 0.3 is 18.1 Å². The Morgan fingerprint density at radius 3 is 1.95 bits per heavy atom. The van der Waals surface area contributed by atoms with E-state index in [-0.39, 0.29) is 12.5 Å². The molecule has 0 N–H and O–H groups in total. The van der Waals surface area contributed by atoms with Gasteiger partial charge in [-0.25, -0.2) is 0 Å². The lowest BCUT2D eigenvalue weighted by molar-refractivity contribution is -0.216. The molecule has 0 aliphatic heterocycles. The van der Waals surface area contributed by atoms with Gasteiger partial charge in [0.2, 0.25) is 0 Å². The van der Waals surface area contributed by atoms with Crippen LogP contribution in [-0.4, -0.2) is 30.3 Å². The molecule has 19 heavy (non-hydrogen) atoms. The Labute approximate surface area is 110 Å². The second-order valence-corrected chi connectivity index (χ2v) is 4.26. The molecule has 0 aromatic carbocycles. The summed E-state index contributed by atoms with van der Waals surface area (Å²) in [5, 5.41) is 0. The molecule has 2 atom stereocenters. The van der Waals surface area contributed by atoms with E-state index in [1.165, 1.54) is 0 Å². The molecule has 0 saturated carbocycles. The Balaban J connectivity index is 3.94. The highest BCUT2D eigenvalue weighted by molar-refractivity contribution is 5.77. The van der Waals surface area contributed by atoms with E-state index in [4.69, 9.17) is 4.74 Å². The van der Waals surface area contributed by atoms with Crippen LogP contribution in [0.1, 0.15) is 46.5 Å². The van der Waals surface area contributed by atoms with Gasteiger partial charge in [-0.15, -0.1) is 0 Å². The maximum absolute atomic E-state index is 12.1. The number of ether oxygens (including phenoxy) is 2. The highest BCUT2D eigenvalue weighted by Gasteiger charge is 2.39. The Morgan fingerprint density at radius 2 is 1.53 bits per heavy atom. The average molecular weight is 284 g/mol. The highest BCUT2D eigenvalue weighted by atomic mass is 19.4. The molecular formula is C12H19F3O4. The number of carbonyl (C=O) groups is 2. The van der Waals surface area contributed by atoms with Crippen LogP contribution in [0, 0.1) is 0 Å². The Morgan fingerprint density at radius 1 is 1.05 bits per heavy atom. The zero-order valence-corrected chi connectivity index (χ0v) is 11.3. The molecule has 0 amide bonds. The van der Waals surface area contributed by atoms with Crippen molar-refractivity contribution in [2.24, 2.45) is 0 Å². The molecular weight excluding hydrogens is 265 g/mol. The van der Waals surface area contributed by atoms with Gasteiger partial charge in [0.25, 0.3) is 0 Å². The largest absolute Gasteiger partial charge is 0.463 e. The van der Waals surface area contributed by atoms with E-state index in [0.717, 1.165) is 13.3 Å². The van der Waals surface area contributed by atoms with Crippen LogP contribution in [0.2, 0.25) is 0 Å². The molecule has 4 nitrogen and oxygen atoms in total. The summed E-state index contributed by atoms with van der Waals surface area (Å²) in [6.45, 7) is 4.38. The van der Waals surface area contributed by atoms with Gasteiger partial charge in [-0.1, -0.05) is 13.3 Å². The van der Waals surface area contributed by atoms with Crippen molar-refractivity contribution in [3.8, 4) is 0 Å². The van der Waals surface area contributed by atoms with Crippen LogP contribution >= 0.6 is 0 Å². The Bertz CT molecular complexity index is 302. The van der Waals surface area contributed by atoms with Crippen molar-refractivity contribution in [3.05, 3.63) is 0 Å². The zero-order chi connectivity index (χ0) is 15.1. The first-order valence-corrected chi connectivity index (χ1v) is 6.12. The molecule has 0 rings (SSSR count). The van der Waals surface area contributed by atoms with Crippen molar-refractivity contribution in [1.29, 1.82) is 0 Å². The number of halogens is 3. The predicted octanol–water partition coefficient (Wildman–Crippen LogP) is 2.99. The Hall–Kier alpha value is -1.27. The minimum Gasteiger partial charge on any atom is -0.463 e. The third-order valence-corrected chi connectivity index (χ3v) is 2.33. The third-order valence-electron chi connectivity index (χ3n) is 2.33. The standard InChI is InChI=1S/C12H19F3O4/c1-4-5-8(2)18-10(16)6-7-11(17)19-9(3)12(13,14)15/h8-9H,4-7H2,1-3H3. The third kappa shape index (κ3) is 8.45. The second-order valence-electron chi connectivity index (χ2n) is 4.26. The number of hydrogen-bond acceptors (Lipinski definition) is 4. The molecule has 0 fully saturated rings. The molecule has 0 aliphatic carbocycles. The van der Waals surface area contributed by atoms with Crippen LogP contribution in [0.25, 0.3) is 0 Å². The van der Waals surface area contributed by atoms with E-state index >= 15 is 0 Å². The molecule has 0 saturated heterocycles. The minimum atomic E-state index is -4.59. The van der Waals surface area contributed by atoms with Gasteiger partial charge in [-0.05, 0) is 20.3 Å². The predicted molar refractivity (Wildman–Crippen MR) is 61.3 cm³/mol. The molecule has 0 aromatic heterocycles. The van der Waals surface area contributed by atoms with Crippen molar-refractivity contribution in [3.63, 3.8) is 0 Å². The lowest BCUT2D eigenvalue weighted by atomic mass is 10.2. The van der Waals surface area contributed by atoms with Gasteiger partial charge in [0, 0.05) is 0 Å². The second kappa shape index (κ2) is 8.01. The molecule has 2 unspecified atom stereocenters. The first kappa shape index (κ1) is 17.7. The first-order valence-electron chi connectivity index (χ1n) is 6.12. The van der Waals surface area contributed by atoms with E-state index in [1.807, 2.05) is 6.92 Å². The molecule has 0 spiro atoms. The van der Waals surface area contributed by atoms with E-state index in [0.29, 0.717) is 6.42 Å². The summed E-state index contributed by atoms with van der Waals surface area (Å²) in [7, 11) is 0. The lowest BCUT2D eigenvalue weighted by Gasteiger charge is -2.16.